The largest absolute Gasteiger partial charge is 0.435 e. The average Bonchev–Trinajstić information content (AvgIpc) is 2.55. The molecule has 0 heterocycles. The van der Waals surface area contributed by atoms with Crippen LogP contribution in [0.15, 0.2) is 18.2 Å². The summed E-state index contributed by atoms with van der Waals surface area (Å²) in [5, 5.41) is 0. The molecule has 128 valence electrons. The molecule has 1 unspecified atom stereocenters. The van der Waals surface area contributed by atoms with E-state index in [1.54, 1.807) is 6.07 Å². The molecule has 0 saturated heterocycles. The summed E-state index contributed by atoms with van der Waals surface area (Å²) in [6.07, 6.45) is 11.6. The van der Waals surface area contributed by atoms with Gasteiger partial charge in [0.1, 0.15) is 5.75 Å². The van der Waals surface area contributed by atoms with Crippen LogP contribution in [0.3, 0.4) is 0 Å². The summed E-state index contributed by atoms with van der Waals surface area (Å²) in [7, 11) is 0. The molecule has 23 heavy (non-hydrogen) atoms. The van der Waals surface area contributed by atoms with Crippen LogP contribution >= 0.6 is 0 Å². The fourth-order valence-corrected chi connectivity index (χ4v) is 4.69. The third-order valence-electron chi connectivity index (χ3n) is 5.92. The van der Waals surface area contributed by atoms with Crippen LogP contribution < -0.4 is 4.74 Å². The second-order valence-corrected chi connectivity index (χ2v) is 7.38. The Balaban J connectivity index is 1.58. The number of rotatable bonds is 5. The van der Waals surface area contributed by atoms with Crippen molar-refractivity contribution in [2.24, 2.45) is 17.8 Å². The zero-order valence-corrected chi connectivity index (χ0v) is 14.1. The van der Waals surface area contributed by atoms with Crippen molar-refractivity contribution < 1.29 is 13.5 Å². The highest BCUT2D eigenvalue weighted by Gasteiger charge is 2.30. The molecule has 0 spiro atoms. The van der Waals surface area contributed by atoms with Gasteiger partial charge in [-0.05, 0) is 73.1 Å². The molecule has 0 amide bonds. The molecule has 1 saturated carbocycles. The zero-order chi connectivity index (χ0) is 16.2. The number of aryl methyl sites for hydroxylation is 1. The van der Waals surface area contributed by atoms with Gasteiger partial charge in [0.25, 0.3) is 0 Å². The Bertz CT molecular complexity index is 506. The Kier molecular flexibility index (Phi) is 5.55. The lowest BCUT2D eigenvalue weighted by Crippen LogP contribution is -2.26. The maximum absolute atomic E-state index is 12.3. The fraction of sp³-hybridized carbons (Fsp3) is 0.700. The van der Waals surface area contributed by atoms with E-state index < -0.39 is 6.61 Å². The van der Waals surface area contributed by atoms with Crippen LogP contribution in [0.4, 0.5) is 8.78 Å². The molecular formula is C20H28F2O. The molecule has 0 bridgehead atoms. The molecule has 0 aliphatic heterocycles. The summed E-state index contributed by atoms with van der Waals surface area (Å²) < 4.78 is 29.2. The predicted octanol–water partition coefficient (Wildman–Crippen LogP) is 6.00. The van der Waals surface area contributed by atoms with Crippen molar-refractivity contribution in [2.75, 3.05) is 0 Å². The number of ether oxygens (including phenoxy) is 1. The van der Waals surface area contributed by atoms with Gasteiger partial charge in [0.05, 0.1) is 0 Å². The molecule has 2 aliphatic rings. The quantitative estimate of drug-likeness (QED) is 0.646. The third-order valence-corrected chi connectivity index (χ3v) is 5.92. The van der Waals surface area contributed by atoms with E-state index in [1.807, 2.05) is 12.1 Å². The Morgan fingerprint density at radius 1 is 1.04 bits per heavy atom. The van der Waals surface area contributed by atoms with Gasteiger partial charge in [-0.3, -0.25) is 0 Å². The summed E-state index contributed by atoms with van der Waals surface area (Å²) in [4.78, 5) is 0. The Labute approximate surface area is 138 Å². The zero-order valence-electron chi connectivity index (χ0n) is 14.1. The van der Waals surface area contributed by atoms with Gasteiger partial charge in [0, 0.05) is 0 Å². The SMILES string of the molecule is CCCC1CCC(C2CCc3cc(OC(F)F)ccc3C2)CC1. The number of alkyl halides is 2. The molecule has 1 aromatic carbocycles. The van der Waals surface area contributed by atoms with Crippen molar-refractivity contribution in [3.05, 3.63) is 29.3 Å². The molecule has 1 atom stereocenters. The lowest BCUT2D eigenvalue weighted by Gasteiger charge is -2.36. The molecular weight excluding hydrogens is 294 g/mol. The van der Waals surface area contributed by atoms with Crippen molar-refractivity contribution >= 4 is 0 Å². The molecule has 1 aromatic rings. The summed E-state index contributed by atoms with van der Waals surface area (Å²) in [5.74, 6) is 2.92. The van der Waals surface area contributed by atoms with Crippen LogP contribution in [0.1, 0.15) is 63.0 Å². The van der Waals surface area contributed by atoms with Crippen molar-refractivity contribution in [2.45, 2.75) is 71.3 Å². The van der Waals surface area contributed by atoms with Crippen LogP contribution in [-0.2, 0) is 12.8 Å². The fourth-order valence-electron chi connectivity index (χ4n) is 4.69. The van der Waals surface area contributed by atoms with E-state index in [1.165, 1.54) is 56.1 Å². The van der Waals surface area contributed by atoms with Gasteiger partial charge in [0.15, 0.2) is 0 Å². The second kappa shape index (κ2) is 7.63. The van der Waals surface area contributed by atoms with Gasteiger partial charge in [-0.2, -0.15) is 8.78 Å². The average molecular weight is 322 g/mol. The molecule has 2 aliphatic carbocycles. The van der Waals surface area contributed by atoms with Gasteiger partial charge in [0.2, 0.25) is 0 Å². The number of benzene rings is 1. The van der Waals surface area contributed by atoms with E-state index in [4.69, 9.17) is 0 Å². The monoisotopic (exact) mass is 322 g/mol. The van der Waals surface area contributed by atoms with Gasteiger partial charge in [-0.15, -0.1) is 0 Å². The predicted molar refractivity (Wildman–Crippen MR) is 88.9 cm³/mol. The Morgan fingerprint density at radius 3 is 2.52 bits per heavy atom. The van der Waals surface area contributed by atoms with Crippen LogP contribution in [0.25, 0.3) is 0 Å². The summed E-state index contributed by atoms with van der Waals surface area (Å²) >= 11 is 0. The van der Waals surface area contributed by atoms with Gasteiger partial charge >= 0.3 is 6.61 Å². The van der Waals surface area contributed by atoms with Gasteiger partial charge in [-0.25, -0.2) is 0 Å². The first kappa shape index (κ1) is 16.7. The van der Waals surface area contributed by atoms with E-state index in [9.17, 15) is 8.78 Å². The molecule has 1 fully saturated rings. The standard InChI is InChI=1S/C20H28F2O/c1-2-3-14-4-6-15(7-5-14)16-8-9-18-13-19(23-20(21)22)11-10-17(18)12-16/h10-11,13-16,20H,2-9,12H2,1H3. The van der Waals surface area contributed by atoms with Crippen molar-refractivity contribution in [1.29, 1.82) is 0 Å². The Hall–Kier alpha value is -1.12. The third kappa shape index (κ3) is 4.24. The number of halogens is 2. The first-order valence-electron chi connectivity index (χ1n) is 9.22. The summed E-state index contributed by atoms with van der Waals surface area (Å²) in [6.45, 7) is -0.446. The summed E-state index contributed by atoms with van der Waals surface area (Å²) in [5.41, 5.74) is 2.55. The number of hydrogen-bond acceptors (Lipinski definition) is 1. The highest BCUT2D eigenvalue weighted by atomic mass is 19.3. The molecule has 0 aromatic heterocycles. The van der Waals surface area contributed by atoms with E-state index in [0.717, 1.165) is 30.6 Å². The van der Waals surface area contributed by atoms with E-state index in [0.29, 0.717) is 5.75 Å². The number of fused-ring (bicyclic) bond motifs is 1. The first-order valence-corrected chi connectivity index (χ1v) is 9.22. The smallest absolute Gasteiger partial charge is 0.387 e. The van der Waals surface area contributed by atoms with Crippen molar-refractivity contribution in [1.82, 2.24) is 0 Å². The van der Waals surface area contributed by atoms with Crippen molar-refractivity contribution in [3.8, 4) is 5.75 Å². The van der Waals surface area contributed by atoms with Crippen LogP contribution in [-0.4, -0.2) is 6.61 Å². The first-order chi connectivity index (χ1) is 11.2. The number of hydrogen-bond donors (Lipinski definition) is 0. The minimum atomic E-state index is -2.73. The molecule has 0 radical (unpaired) electrons. The Morgan fingerprint density at radius 2 is 1.83 bits per heavy atom. The van der Waals surface area contributed by atoms with E-state index in [2.05, 4.69) is 11.7 Å². The molecule has 3 rings (SSSR count). The normalized spacial score (nSPS) is 27.7. The lowest BCUT2D eigenvalue weighted by atomic mass is 9.69. The topological polar surface area (TPSA) is 9.23 Å². The highest BCUT2D eigenvalue weighted by Crippen LogP contribution is 2.41. The molecule has 3 heteroatoms. The van der Waals surface area contributed by atoms with Crippen LogP contribution in [0, 0.1) is 17.8 Å². The minimum Gasteiger partial charge on any atom is -0.435 e. The summed E-state index contributed by atoms with van der Waals surface area (Å²) in [6, 6.07) is 5.52. The van der Waals surface area contributed by atoms with Gasteiger partial charge in [-0.1, -0.05) is 38.7 Å². The van der Waals surface area contributed by atoms with E-state index in [-0.39, 0.29) is 0 Å². The van der Waals surface area contributed by atoms with Crippen LogP contribution in [0.2, 0.25) is 0 Å². The lowest BCUT2D eigenvalue weighted by molar-refractivity contribution is -0.0499. The highest BCUT2D eigenvalue weighted by molar-refractivity contribution is 5.37. The van der Waals surface area contributed by atoms with Gasteiger partial charge < -0.3 is 4.74 Å². The van der Waals surface area contributed by atoms with Crippen LogP contribution in [0.5, 0.6) is 5.75 Å². The van der Waals surface area contributed by atoms with E-state index >= 15 is 0 Å². The molecule has 1 nitrogen and oxygen atoms in total. The second-order valence-electron chi connectivity index (χ2n) is 7.38. The maximum atomic E-state index is 12.3. The molecule has 0 N–H and O–H groups in total. The van der Waals surface area contributed by atoms with Crippen molar-refractivity contribution in [3.63, 3.8) is 0 Å². The maximum Gasteiger partial charge on any atom is 0.387 e. The minimum absolute atomic E-state index is 0.303.